The topological polar surface area (TPSA) is 26.1 Å². The van der Waals surface area contributed by atoms with Crippen LogP contribution < -0.4 is 36.0 Å². The summed E-state index contributed by atoms with van der Waals surface area (Å²) in [4.78, 5) is 10.5. The summed E-state index contributed by atoms with van der Waals surface area (Å²) in [5.74, 6) is 0. The number of furan rings is 1. The van der Waals surface area contributed by atoms with E-state index in [4.69, 9.17) is 4.42 Å². The molecular formula is C78H81BN4O. The summed E-state index contributed by atoms with van der Waals surface area (Å²) in [7, 11) is 0. The fourth-order valence-electron chi connectivity index (χ4n) is 15.1. The van der Waals surface area contributed by atoms with Crippen molar-refractivity contribution in [2.45, 2.75) is 155 Å². The SMILES string of the molecule is CC(C)(C)c1ccc(N(c2ccc(C(C)(C)C)cc2)c2ccc3c(c2)B2c4cccc5c4N(c4cc(N(c6ccc(C(C)(C)C)cc6)c6ccc(C(C)(C)C)cc6)cc(c42)N3c2cccc3oc4ccccc4c23)C2(C)CCCCC52C)cc1. The lowest BCUT2D eigenvalue weighted by Crippen LogP contribution is -2.64. The molecule has 0 saturated heterocycles. The molecule has 0 radical (unpaired) electrons. The summed E-state index contributed by atoms with van der Waals surface area (Å²) >= 11 is 0. The predicted octanol–water partition coefficient (Wildman–Crippen LogP) is 20.1. The molecule has 2 atom stereocenters. The highest BCUT2D eigenvalue weighted by Gasteiger charge is 2.61. The summed E-state index contributed by atoms with van der Waals surface area (Å²) in [5, 5.41) is 2.22. The molecule has 4 aliphatic rings. The van der Waals surface area contributed by atoms with E-state index in [2.05, 4.69) is 305 Å². The van der Waals surface area contributed by atoms with E-state index in [9.17, 15) is 0 Å². The molecule has 3 aliphatic heterocycles. The molecule has 84 heavy (non-hydrogen) atoms. The summed E-state index contributed by atoms with van der Waals surface area (Å²) in [6, 6.07) is 72.5. The van der Waals surface area contributed by atoms with Crippen LogP contribution in [-0.2, 0) is 27.1 Å². The second-order valence-electron chi connectivity index (χ2n) is 29.4. The third-order valence-electron chi connectivity index (χ3n) is 20.0. The first-order valence-electron chi connectivity index (χ1n) is 30.9. The van der Waals surface area contributed by atoms with Gasteiger partial charge in [0.2, 0.25) is 0 Å². The van der Waals surface area contributed by atoms with Crippen LogP contribution in [0.15, 0.2) is 192 Å². The van der Waals surface area contributed by atoms with Gasteiger partial charge in [0, 0.05) is 62.0 Å². The molecule has 422 valence electrons. The van der Waals surface area contributed by atoms with E-state index in [0.717, 1.165) is 80.3 Å². The standard InChI is InChI=1S/C78H81BN4O/c1-73(2,3)50-27-35-54(36-28-50)80(55-37-29-51(30-38-55)74(4,5)6)58-43-44-64-63(47-58)79-62-23-19-22-61-72(62)83(78(14)46-18-17-45-77(61,78)13)67-49-59(48-66(71(67)79)82(64)65-24-20-26-69-70(65)60-21-15-16-25-68(60)84-69)81(56-39-31-52(32-40-56)75(7,8)9)57-41-33-53(34-42-57)76(10,11)12/h15-16,19-44,47-49H,17-18,45-46H2,1-14H3. The Kier molecular flexibility index (Phi) is 12.1. The van der Waals surface area contributed by atoms with Crippen LogP contribution in [0.3, 0.4) is 0 Å². The van der Waals surface area contributed by atoms with Crippen molar-refractivity contribution in [1.29, 1.82) is 0 Å². The Morgan fingerprint density at radius 1 is 0.417 bits per heavy atom. The van der Waals surface area contributed by atoms with E-state index in [1.807, 2.05) is 0 Å². The molecule has 1 fully saturated rings. The summed E-state index contributed by atoms with van der Waals surface area (Å²) in [5.41, 5.74) is 25.2. The van der Waals surface area contributed by atoms with Crippen molar-refractivity contribution in [1.82, 2.24) is 0 Å². The quantitative estimate of drug-likeness (QED) is 0.148. The molecule has 10 aromatic rings. The number of para-hydroxylation sites is 2. The lowest BCUT2D eigenvalue weighted by molar-refractivity contribution is 0.195. The first kappa shape index (κ1) is 54.0. The van der Waals surface area contributed by atoms with Crippen molar-refractivity contribution < 1.29 is 4.42 Å². The molecule has 2 unspecified atom stereocenters. The number of nitrogens with zero attached hydrogens (tertiary/aromatic N) is 4. The maximum atomic E-state index is 6.81. The Hall–Kier alpha value is -7.96. The van der Waals surface area contributed by atoms with Gasteiger partial charge in [0.25, 0.3) is 6.71 Å². The van der Waals surface area contributed by atoms with Crippen LogP contribution in [0.2, 0.25) is 0 Å². The third kappa shape index (κ3) is 8.31. The lowest BCUT2D eigenvalue weighted by atomic mass is 9.33. The van der Waals surface area contributed by atoms with Gasteiger partial charge in [0.15, 0.2) is 0 Å². The van der Waals surface area contributed by atoms with E-state index in [0.29, 0.717) is 0 Å². The van der Waals surface area contributed by atoms with Gasteiger partial charge in [-0.3, -0.25) is 0 Å². The molecule has 9 aromatic carbocycles. The van der Waals surface area contributed by atoms with Crippen LogP contribution >= 0.6 is 0 Å². The van der Waals surface area contributed by atoms with Gasteiger partial charge in [-0.2, -0.15) is 0 Å². The molecule has 0 bridgehead atoms. The first-order chi connectivity index (χ1) is 39.9. The molecule has 6 heteroatoms. The molecule has 5 nitrogen and oxygen atoms in total. The van der Waals surface area contributed by atoms with Gasteiger partial charge in [0.05, 0.1) is 22.3 Å². The van der Waals surface area contributed by atoms with E-state index >= 15 is 0 Å². The Labute approximate surface area is 500 Å². The van der Waals surface area contributed by atoms with Gasteiger partial charge in [-0.05, 0) is 183 Å². The Morgan fingerprint density at radius 3 is 1.44 bits per heavy atom. The highest BCUT2D eigenvalue weighted by Crippen LogP contribution is 2.62. The van der Waals surface area contributed by atoms with Gasteiger partial charge in [-0.1, -0.05) is 194 Å². The molecule has 0 amide bonds. The largest absolute Gasteiger partial charge is 0.456 e. The van der Waals surface area contributed by atoms with Gasteiger partial charge < -0.3 is 24.0 Å². The Bertz CT molecular complexity index is 4110. The van der Waals surface area contributed by atoms with Crippen molar-refractivity contribution in [3.05, 3.63) is 216 Å². The van der Waals surface area contributed by atoms with Crippen molar-refractivity contribution in [2.75, 3.05) is 19.6 Å². The van der Waals surface area contributed by atoms with Crippen LogP contribution in [0.4, 0.5) is 62.6 Å². The van der Waals surface area contributed by atoms with E-state index in [1.54, 1.807) is 0 Å². The normalized spacial score (nSPS) is 18.2. The van der Waals surface area contributed by atoms with Crippen molar-refractivity contribution in [2.24, 2.45) is 0 Å². The van der Waals surface area contributed by atoms with Crippen LogP contribution in [0.1, 0.15) is 150 Å². The number of hydrogen-bond acceptors (Lipinski definition) is 5. The van der Waals surface area contributed by atoms with Crippen molar-refractivity contribution >= 4 is 108 Å². The fraction of sp³-hybridized carbons (Fsp3) is 0.308. The smallest absolute Gasteiger partial charge is 0.252 e. The van der Waals surface area contributed by atoms with Crippen molar-refractivity contribution in [3.8, 4) is 0 Å². The zero-order chi connectivity index (χ0) is 58.6. The summed E-state index contributed by atoms with van der Waals surface area (Å²) in [6.07, 6.45) is 4.67. The van der Waals surface area contributed by atoms with E-state index in [1.165, 1.54) is 74.1 Å². The number of anilines is 11. The zero-order valence-electron chi connectivity index (χ0n) is 52.0. The number of benzene rings is 9. The van der Waals surface area contributed by atoms with E-state index in [-0.39, 0.29) is 39.3 Å². The van der Waals surface area contributed by atoms with Gasteiger partial charge in [0.1, 0.15) is 11.2 Å². The minimum Gasteiger partial charge on any atom is -0.456 e. The van der Waals surface area contributed by atoms with Crippen LogP contribution in [0, 0.1) is 0 Å². The average Bonchev–Trinajstić information content (AvgIpc) is 1.42. The fourth-order valence-corrected chi connectivity index (χ4v) is 15.1. The molecule has 1 aliphatic carbocycles. The number of rotatable bonds is 7. The molecule has 0 spiro atoms. The highest BCUT2D eigenvalue weighted by molar-refractivity contribution is 7.00. The molecule has 0 N–H and O–H groups in total. The number of hydrogen-bond donors (Lipinski definition) is 0. The second-order valence-corrected chi connectivity index (χ2v) is 29.4. The van der Waals surface area contributed by atoms with Crippen LogP contribution in [-0.4, -0.2) is 12.3 Å². The monoisotopic (exact) mass is 1100 g/mol. The predicted molar refractivity (Wildman–Crippen MR) is 360 cm³/mol. The average molecular weight is 1100 g/mol. The highest BCUT2D eigenvalue weighted by atomic mass is 16.3. The van der Waals surface area contributed by atoms with Crippen molar-refractivity contribution in [3.63, 3.8) is 0 Å². The summed E-state index contributed by atoms with van der Waals surface area (Å²) in [6.45, 7) is 32.8. The molecule has 1 aromatic heterocycles. The Morgan fingerprint density at radius 2 is 0.893 bits per heavy atom. The van der Waals surface area contributed by atoms with Crippen LogP contribution in [0.5, 0.6) is 0 Å². The van der Waals surface area contributed by atoms with Gasteiger partial charge >= 0.3 is 0 Å². The molecular weight excluding hydrogens is 1020 g/mol. The van der Waals surface area contributed by atoms with Gasteiger partial charge in [-0.25, -0.2) is 0 Å². The van der Waals surface area contributed by atoms with Crippen LogP contribution in [0.25, 0.3) is 21.9 Å². The maximum absolute atomic E-state index is 6.81. The third-order valence-corrected chi connectivity index (χ3v) is 20.0. The van der Waals surface area contributed by atoms with E-state index < -0.39 is 0 Å². The minimum absolute atomic E-state index is 0.00248. The first-order valence-corrected chi connectivity index (χ1v) is 30.9. The number of fused-ring (bicyclic) bond motifs is 10. The lowest BCUT2D eigenvalue weighted by Gasteiger charge is -2.53. The maximum Gasteiger partial charge on any atom is 0.252 e. The van der Waals surface area contributed by atoms with Gasteiger partial charge in [-0.15, -0.1) is 0 Å². The minimum atomic E-state index is -0.183. The molecule has 1 saturated carbocycles. The zero-order valence-corrected chi connectivity index (χ0v) is 52.0. The summed E-state index contributed by atoms with van der Waals surface area (Å²) < 4.78 is 6.81. The second kappa shape index (κ2) is 18.8. The molecule has 14 rings (SSSR count). The molecule has 4 heterocycles. The Balaban J connectivity index is 1.09.